The van der Waals surface area contributed by atoms with Gasteiger partial charge in [-0.25, -0.2) is 19.7 Å². The van der Waals surface area contributed by atoms with Gasteiger partial charge in [0, 0.05) is 23.5 Å². The molecular weight excluding hydrogens is 380 g/mol. The van der Waals surface area contributed by atoms with Crippen LogP contribution in [0.15, 0.2) is 24.4 Å². The van der Waals surface area contributed by atoms with Gasteiger partial charge in [0.15, 0.2) is 0 Å². The van der Waals surface area contributed by atoms with Gasteiger partial charge in [-0.3, -0.25) is 0 Å². The number of nitrogens with two attached hydrogens (primary N) is 1. The molecule has 0 radical (unpaired) electrons. The summed E-state index contributed by atoms with van der Waals surface area (Å²) in [6, 6.07) is 5.52. The first-order valence-electron chi connectivity index (χ1n) is 9.48. The van der Waals surface area contributed by atoms with Gasteiger partial charge in [-0.05, 0) is 81.5 Å². The normalized spacial score (nSPS) is 10.2. The quantitative estimate of drug-likeness (QED) is 0.662. The van der Waals surface area contributed by atoms with Gasteiger partial charge in [-0.1, -0.05) is 0 Å². The summed E-state index contributed by atoms with van der Waals surface area (Å²) in [6.07, 6.45) is 1.69. The van der Waals surface area contributed by atoms with Crippen molar-refractivity contribution in [1.82, 2.24) is 15.0 Å². The van der Waals surface area contributed by atoms with E-state index in [1.165, 1.54) is 5.56 Å². The molecule has 0 aliphatic carbocycles. The minimum atomic E-state index is -0.828. The monoisotopic (exact) mass is 408 g/mol. The van der Waals surface area contributed by atoms with Gasteiger partial charge in [0.25, 0.3) is 0 Å². The fourth-order valence-electron chi connectivity index (χ4n) is 3.21. The third kappa shape index (κ3) is 4.92. The SMILES string of the molecule is COc1ccc(-c2cc(C)nc(N)n2)cn1.Cc1c(C)c(C)c(C(=O)O)c(C)c1C. The highest BCUT2D eigenvalue weighted by molar-refractivity contribution is 5.92. The van der Waals surface area contributed by atoms with E-state index in [1.807, 2.05) is 53.7 Å². The second-order valence-electron chi connectivity index (χ2n) is 7.15. The van der Waals surface area contributed by atoms with Crippen molar-refractivity contribution in [2.45, 2.75) is 41.5 Å². The lowest BCUT2D eigenvalue weighted by Gasteiger charge is -2.15. The van der Waals surface area contributed by atoms with Crippen LogP contribution in [0.4, 0.5) is 5.95 Å². The van der Waals surface area contributed by atoms with E-state index in [2.05, 4.69) is 15.0 Å². The number of benzene rings is 1. The predicted octanol–water partition coefficient (Wildman–Crippen LogP) is 4.36. The summed E-state index contributed by atoms with van der Waals surface area (Å²) in [5, 5.41) is 9.09. The molecule has 158 valence electrons. The highest BCUT2D eigenvalue weighted by Crippen LogP contribution is 2.25. The zero-order valence-corrected chi connectivity index (χ0v) is 18.5. The molecule has 7 nitrogen and oxygen atoms in total. The third-order valence-electron chi connectivity index (χ3n) is 5.33. The number of carbonyl (C=O) groups is 1. The Morgan fingerprint density at radius 2 is 1.50 bits per heavy atom. The van der Waals surface area contributed by atoms with Gasteiger partial charge >= 0.3 is 5.97 Å². The van der Waals surface area contributed by atoms with Crippen LogP contribution in [0.5, 0.6) is 5.88 Å². The Hall–Kier alpha value is -3.48. The number of pyridine rings is 1. The van der Waals surface area contributed by atoms with Gasteiger partial charge in [0.1, 0.15) is 0 Å². The average Bonchev–Trinajstić information content (AvgIpc) is 2.70. The first-order valence-corrected chi connectivity index (χ1v) is 9.48. The van der Waals surface area contributed by atoms with Crippen LogP contribution in [0.25, 0.3) is 11.3 Å². The molecule has 30 heavy (non-hydrogen) atoms. The lowest BCUT2D eigenvalue weighted by Crippen LogP contribution is -2.08. The smallest absolute Gasteiger partial charge is 0.336 e. The first kappa shape index (κ1) is 22.8. The second-order valence-corrected chi connectivity index (χ2v) is 7.15. The lowest BCUT2D eigenvalue weighted by atomic mass is 9.90. The van der Waals surface area contributed by atoms with E-state index in [1.54, 1.807) is 19.4 Å². The second kappa shape index (κ2) is 9.35. The summed E-state index contributed by atoms with van der Waals surface area (Å²) < 4.78 is 4.98. The predicted molar refractivity (Wildman–Crippen MR) is 118 cm³/mol. The molecule has 2 aromatic heterocycles. The summed E-state index contributed by atoms with van der Waals surface area (Å²) in [4.78, 5) is 23.3. The van der Waals surface area contributed by atoms with Crippen molar-refractivity contribution in [3.8, 4) is 17.1 Å². The van der Waals surface area contributed by atoms with E-state index < -0.39 is 5.97 Å². The van der Waals surface area contributed by atoms with Gasteiger partial charge in [0.05, 0.1) is 18.4 Å². The van der Waals surface area contributed by atoms with E-state index in [-0.39, 0.29) is 5.95 Å². The number of aromatic carboxylic acids is 1. The Morgan fingerprint density at radius 3 is 1.93 bits per heavy atom. The fraction of sp³-hybridized carbons (Fsp3) is 0.304. The van der Waals surface area contributed by atoms with Gasteiger partial charge in [-0.15, -0.1) is 0 Å². The van der Waals surface area contributed by atoms with E-state index in [4.69, 9.17) is 15.6 Å². The van der Waals surface area contributed by atoms with Crippen LogP contribution < -0.4 is 10.5 Å². The standard InChI is InChI=1S/C12H16O2.C11H12N4O/c1-6-7(2)9(4)11(12(13)14)10(5)8(6)3;1-7-5-9(15-11(12)14-7)8-3-4-10(16-2)13-6-8/h1-5H3,(H,13,14);3-6H,1-2H3,(H2,12,14,15). The largest absolute Gasteiger partial charge is 0.481 e. The van der Waals surface area contributed by atoms with Gasteiger partial charge in [0.2, 0.25) is 11.8 Å². The molecular formula is C23H28N4O3. The molecule has 0 bridgehead atoms. The number of carboxylic acid groups (broad SMARTS) is 1. The Labute approximate surface area is 177 Å². The number of aromatic nitrogens is 3. The molecule has 0 aliphatic rings. The highest BCUT2D eigenvalue weighted by Gasteiger charge is 2.16. The third-order valence-corrected chi connectivity index (χ3v) is 5.33. The summed E-state index contributed by atoms with van der Waals surface area (Å²) >= 11 is 0. The Bertz CT molecular complexity index is 1030. The minimum Gasteiger partial charge on any atom is -0.481 e. The summed E-state index contributed by atoms with van der Waals surface area (Å²) in [5.74, 6) is 0.0134. The van der Waals surface area contributed by atoms with Crippen molar-refractivity contribution in [1.29, 1.82) is 0 Å². The van der Waals surface area contributed by atoms with Crippen LogP contribution in [0.1, 0.15) is 43.9 Å². The first-order chi connectivity index (χ1) is 14.1. The Kier molecular flexibility index (Phi) is 7.10. The lowest BCUT2D eigenvalue weighted by molar-refractivity contribution is 0.0695. The van der Waals surface area contributed by atoms with Crippen molar-refractivity contribution < 1.29 is 14.6 Å². The van der Waals surface area contributed by atoms with Crippen molar-refractivity contribution in [3.63, 3.8) is 0 Å². The molecule has 7 heteroatoms. The van der Waals surface area contributed by atoms with Crippen LogP contribution in [0.2, 0.25) is 0 Å². The summed E-state index contributed by atoms with van der Waals surface area (Å²) in [5.41, 5.74) is 13.7. The maximum absolute atomic E-state index is 11.1. The summed E-state index contributed by atoms with van der Waals surface area (Å²) in [6.45, 7) is 11.6. The number of aryl methyl sites for hydroxylation is 1. The van der Waals surface area contributed by atoms with Crippen molar-refractivity contribution in [2.24, 2.45) is 0 Å². The number of hydrogen-bond donors (Lipinski definition) is 2. The Balaban J connectivity index is 0.000000216. The zero-order valence-electron chi connectivity index (χ0n) is 18.5. The minimum absolute atomic E-state index is 0.269. The number of hydrogen-bond acceptors (Lipinski definition) is 6. The highest BCUT2D eigenvalue weighted by atomic mass is 16.5. The number of anilines is 1. The molecule has 0 spiro atoms. The number of ether oxygens (including phenoxy) is 1. The molecule has 0 saturated heterocycles. The van der Waals surface area contributed by atoms with Gasteiger partial charge in [-0.2, -0.15) is 0 Å². The molecule has 3 aromatic rings. The zero-order chi connectivity index (χ0) is 22.6. The fourth-order valence-corrected chi connectivity index (χ4v) is 3.21. The molecule has 2 heterocycles. The number of nitrogen functional groups attached to an aromatic ring is 1. The number of rotatable bonds is 3. The van der Waals surface area contributed by atoms with E-state index in [9.17, 15) is 4.79 Å². The maximum atomic E-state index is 11.1. The van der Waals surface area contributed by atoms with Crippen molar-refractivity contribution in [3.05, 3.63) is 63.5 Å². The average molecular weight is 409 g/mol. The van der Waals surface area contributed by atoms with E-state index >= 15 is 0 Å². The molecule has 1 aromatic carbocycles. The molecule has 3 N–H and O–H groups in total. The molecule has 0 fully saturated rings. The van der Waals surface area contributed by atoms with Crippen molar-refractivity contribution in [2.75, 3.05) is 12.8 Å². The van der Waals surface area contributed by atoms with Crippen molar-refractivity contribution >= 4 is 11.9 Å². The molecule has 0 unspecified atom stereocenters. The van der Waals surface area contributed by atoms with Crippen LogP contribution >= 0.6 is 0 Å². The van der Waals surface area contributed by atoms with Crippen LogP contribution in [-0.4, -0.2) is 33.1 Å². The molecule has 3 rings (SSSR count). The molecule has 0 saturated carbocycles. The van der Waals surface area contributed by atoms with E-state index in [0.717, 1.165) is 39.2 Å². The summed E-state index contributed by atoms with van der Waals surface area (Å²) in [7, 11) is 1.58. The molecule has 0 aliphatic heterocycles. The molecule has 0 atom stereocenters. The topological polar surface area (TPSA) is 111 Å². The maximum Gasteiger partial charge on any atom is 0.336 e. The van der Waals surface area contributed by atoms with Crippen LogP contribution in [0, 0.1) is 41.5 Å². The number of carboxylic acids is 1. The Morgan fingerprint density at radius 1 is 0.933 bits per heavy atom. The molecule has 0 amide bonds. The van der Waals surface area contributed by atoms with Crippen LogP contribution in [-0.2, 0) is 0 Å². The van der Waals surface area contributed by atoms with Crippen LogP contribution in [0.3, 0.4) is 0 Å². The van der Waals surface area contributed by atoms with E-state index in [0.29, 0.717) is 11.4 Å². The number of methoxy groups -OCH3 is 1. The number of nitrogens with zero attached hydrogens (tertiary/aromatic N) is 3. The van der Waals surface area contributed by atoms with Gasteiger partial charge < -0.3 is 15.6 Å².